The second-order valence-electron chi connectivity index (χ2n) is 13.4. The Bertz CT molecular complexity index is 698. The molecule has 4 aliphatic rings. The highest BCUT2D eigenvalue weighted by molar-refractivity contribution is 5.71. The molecule has 0 unspecified atom stereocenters. The molecule has 0 heterocycles. The van der Waals surface area contributed by atoms with Crippen molar-refractivity contribution in [1.82, 2.24) is 0 Å². The van der Waals surface area contributed by atoms with Crippen molar-refractivity contribution in [1.29, 1.82) is 0 Å². The molecule has 30 heavy (non-hydrogen) atoms. The lowest BCUT2D eigenvalue weighted by molar-refractivity contribution is -0.883. The Morgan fingerprint density at radius 1 is 0.867 bits per heavy atom. The number of quaternary nitrogens is 1. The third kappa shape index (κ3) is 3.18. The van der Waals surface area contributed by atoms with Crippen molar-refractivity contribution < 1.29 is 18.8 Å². The number of carbonyl (C=O) groups is 1. The molecule has 0 aromatic carbocycles. The van der Waals surface area contributed by atoms with E-state index in [2.05, 4.69) is 55.6 Å². The summed E-state index contributed by atoms with van der Waals surface area (Å²) in [4.78, 5) is 12.8. The van der Waals surface area contributed by atoms with Gasteiger partial charge in [0.2, 0.25) is 0 Å². The summed E-state index contributed by atoms with van der Waals surface area (Å²) >= 11 is 0. The molecular weight excluding hydrogens is 374 g/mol. The number of carbonyl (C=O) groups excluding carboxylic acids is 1. The molecule has 0 aromatic heterocycles. The lowest BCUT2D eigenvalue weighted by Crippen LogP contribution is -2.49. The van der Waals surface area contributed by atoms with Gasteiger partial charge in [0.05, 0.1) is 26.8 Å². The fourth-order valence-corrected chi connectivity index (χ4v) is 7.76. The van der Waals surface area contributed by atoms with Gasteiger partial charge in [0.15, 0.2) is 6.54 Å². The minimum atomic E-state index is -0.0393. The second kappa shape index (κ2) is 6.94. The van der Waals surface area contributed by atoms with Crippen LogP contribution >= 0.6 is 0 Å². The van der Waals surface area contributed by atoms with Crippen LogP contribution in [0.4, 0.5) is 0 Å². The van der Waals surface area contributed by atoms with E-state index in [9.17, 15) is 4.79 Å². The van der Waals surface area contributed by atoms with E-state index in [0.29, 0.717) is 33.9 Å². The van der Waals surface area contributed by atoms with E-state index in [-0.39, 0.29) is 22.9 Å². The smallest absolute Gasteiger partial charge is 0.362 e. The van der Waals surface area contributed by atoms with Crippen LogP contribution in [-0.2, 0) is 14.3 Å². The molecule has 0 aromatic rings. The van der Waals surface area contributed by atoms with Crippen molar-refractivity contribution >= 4 is 5.97 Å². The van der Waals surface area contributed by atoms with Gasteiger partial charge in [0.25, 0.3) is 0 Å². The first-order valence-electron chi connectivity index (χ1n) is 12.4. The van der Waals surface area contributed by atoms with E-state index in [1.165, 1.54) is 32.1 Å². The highest BCUT2D eigenvalue weighted by atomic mass is 16.5. The summed E-state index contributed by atoms with van der Waals surface area (Å²) in [7, 11) is 4.26. The van der Waals surface area contributed by atoms with Crippen LogP contribution in [0.25, 0.3) is 0 Å². The number of nitrogens with zero attached hydrogens (tertiary/aromatic N) is 1. The van der Waals surface area contributed by atoms with Gasteiger partial charge in [0, 0.05) is 5.41 Å². The van der Waals surface area contributed by atoms with E-state index < -0.39 is 0 Å². The Morgan fingerprint density at radius 2 is 1.37 bits per heavy atom. The van der Waals surface area contributed by atoms with Crippen LogP contribution in [0, 0.1) is 33.5 Å². The molecule has 4 fully saturated rings. The summed E-state index contributed by atoms with van der Waals surface area (Å²) in [5, 5.41) is 0. The van der Waals surface area contributed by atoms with E-state index in [0.717, 1.165) is 25.5 Å². The van der Waals surface area contributed by atoms with Crippen LogP contribution in [0.3, 0.4) is 0 Å². The minimum Gasteiger partial charge on any atom is -0.458 e. The molecule has 4 rings (SSSR count). The van der Waals surface area contributed by atoms with Gasteiger partial charge in [-0.25, -0.2) is 4.79 Å². The zero-order valence-electron chi connectivity index (χ0n) is 20.8. The second-order valence-corrected chi connectivity index (χ2v) is 13.4. The van der Waals surface area contributed by atoms with E-state index >= 15 is 0 Å². The average Bonchev–Trinajstić information content (AvgIpc) is 3.13. The molecule has 0 aliphatic heterocycles. The molecule has 4 bridgehead atoms. The van der Waals surface area contributed by atoms with Crippen molar-refractivity contribution in [3.63, 3.8) is 0 Å². The molecule has 4 aliphatic carbocycles. The SMILES string of the molecule is CC1(C)[C@@H]2CC[C@@]1(C)[C@@H](OC(=O)C[N+](C)(C)CCO[C@H]1C[C@@H]3CC[C@@]1(C)C3(C)C)C2. The van der Waals surface area contributed by atoms with Crippen LogP contribution in [0.15, 0.2) is 0 Å². The normalized spacial score (nSPS) is 43.3. The standard InChI is InChI=1S/C26H46NO3/c1-23(2)18-9-11-25(23,5)20(15-18)29-14-13-27(7,8)17-22(28)30-21-16-19-10-12-26(21,6)24(19,3)4/h18-21H,9-17H2,1-8H3/q+1/t18-,19+,20-,21-,25+,26-/m0/s1. The molecule has 0 radical (unpaired) electrons. The fourth-order valence-electron chi connectivity index (χ4n) is 7.76. The van der Waals surface area contributed by atoms with Crippen molar-refractivity contribution in [2.24, 2.45) is 33.5 Å². The number of esters is 1. The number of rotatable bonds is 7. The quantitative estimate of drug-likeness (QED) is 0.427. The van der Waals surface area contributed by atoms with Crippen LogP contribution in [-0.4, -0.2) is 56.5 Å². The molecule has 4 nitrogen and oxygen atoms in total. The zero-order chi connectivity index (χ0) is 22.2. The first-order chi connectivity index (χ1) is 13.7. The molecule has 0 spiro atoms. The first kappa shape index (κ1) is 22.6. The van der Waals surface area contributed by atoms with Gasteiger partial charge in [0.1, 0.15) is 12.6 Å². The number of ether oxygens (including phenoxy) is 2. The Labute approximate surface area is 184 Å². The molecule has 0 N–H and O–H groups in total. The molecule has 6 atom stereocenters. The van der Waals surface area contributed by atoms with Crippen molar-refractivity contribution in [3.8, 4) is 0 Å². The van der Waals surface area contributed by atoms with Gasteiger partial charge < -0.3 is 14.0 Å². The highest BCUT2D eigenvalue weighted by Gasteiger charge is 2.63. The molecule has 0 amide bonds. The zero-order valence-corrected chi connectivity index (χ0v) is 20.8. The Morgan fingerprint density at radius 3 is 1.80 bits per heavy atom. The van der Waals surface area contributed by atoms with Crippen LogP contribution in [0.5, 0.6) is 0 Å². The summed E-state index contributed by atoms with van der Waals surface area (Å²) < 4.78 is 13.2. The number of hydrogen-bond donors (Lipinski definition) is 0. The predicted molar refractivity (Wildman–Crippen MR) is 120 cm³/mol. The van der Waals surface area contributed by atoms with Crippen LogP contribution in [0.1, 0.15) is 80.1 Å². The number of likely N-dealkylation sites (N-methyl/N-ethyl adjacent to an activating group) is 1. The molecule has 172 valence electrons. The van der Waals surface area contributed by atoms with Gasteiger partial charge in [-0.1, -0.05) is 41.5 Å². The average molecular weight is 421 g/mol. The first-order valence-corrected chi connectivity index (χ1v) is 12.4. The largest absolute Gasteiger partial charge is 0.458 e. The summed E-state index contributed by atoms with van der Waals surface area (Å²) in [5.74, 6) is 1.46. The third-order valence-corrected chi connectivity index (χ3v) is 11.3. The molecule has 4 heteroatoms. The summed E-state index contributed by atoms with van der Waals surface area (Å²) in [6, 6.07) is 0. The van der Waals surface area contributed by atoms with Crippen molar-refractivity contribution in [2.45, 2.75) is 92.3 Å². The van der Waals surface area contributed by atoms with Crippen LogP contribution < -0.4 is 0 Å². The highest BCUT2D eigenvalue weighted by Crippen LogP contribution is 2.67. The maximum atomic E-state index is 12.8. The topological polar surface area (TPSA) is 35.5 Å². The lowest BCUT2D eigenvalue weighted by Gasteiger charge is -2.40. The number of fused-ring (bicyclic) bond motifs is 4. The van der Waals surface area contributed by atoms with E-state index in [1.54, 1.807) is 0 Å². The lowest BCUT2D eigenvalue weighted by atomic mass is 9.70. The van der Waals surface area contributed by atoms with Crippen LogP contribution in [0.2, 0.25) is 0 Å². The third-order valence-electron chi connectivity index (χ3n) is 11.3. The van der Waals surface area contributed by atoms with Gasteiger partial charge in [-0.05, 0) is 66.6 Å². The fraction of sp³-hybridized carbons (Fsp3) is 0.962. The maximum absolute atomic E-state index is 12.8. The van der Waals surface area contributed by atoms with Crippen molar-refractivity contribution in [3.05, 3.63) is 0 Å². The molecular formula is C26H46NO3+. The Balaban J connectivity index is 1.26. The molecule has 0 saturated heterocycles. The molecule has 4 saturated carbocycles. The predicted octanol–water partition coefficient (Wildman–Crippen LogP) is 5.05. The summed E-state index contributed by atoms with van der Waals surface area (Å²) in [6.07, 6.45) is 7.83. The Hall–Kier alpha value is -0.610. The minimum absolute atomic E-state index is 0.0393. The van der Waals surface area contributed by atoms with Gasteiger partial charge >= 0.3 is 5.97 Å². The monoisotopic (exact) mass is 420 g/mol. The summed E-state index contributed by atoms with van der Waals surface area (Å²) in [6.45, 7) is 16.4. The number of hydrogen-bond acceptors (Lipinski definition) is 3. The maximum Gasteiger partial charge on any atom is 0.362 e. The van der Waals surface area contributed by atoms with Gasteiger partial charge in [-0.15, -0.1) is 0 Å². The van der Waals surface area contributed by atoms with E-state index in [4.69, 9.17) is 9.47 Å². The van der Waals surface area contributed by atoms with Gasteiger partial charge in [-0.2, -0.15) is 0 Å². The Kier molecular flexibility index (Phi) is 5.22. The summed E-state index contributed by atoms with van der Waals surface area (Å²) in [5.41, 5.74) is 1.10. The van der Waals surface area contributed by atoms with Crippen molar-refractivity contribution in [2.75, 3.05) is 33.8 Å². The van der Waals surface area contributed by atoms with E-state index in [1.807, 2.05) is 0 Å². The van der Waals surface area contributed by atoms with Gasteiger partial charge in [-0.3, -0.25) is 0 Å².